The Hall–Kier alpha value is -1.71. The summed E-state index contributed by atoms with van der Waals surface area (Å²) in [5.74, 6) is 1.34. The van der Waals surface area contributed by atoms with Gasteiger partial charge in [0.2, 0.25) is 0 Å². The van der Waals surface area contributed by atoms with Crippen LogP contribution < -0.4 is 14.8 Å². The predicted octanol–water partition coefficient (Wildman–Crippen LogP) is 5.25. The monoisotopic (exact) mass is 361 g/mol. The fraction of sp³-hybridized carbons (Fsp3) is 0.429. The van der Waals surface area contributed by atoms with Gasteiger partial charge in [-0.15, -0.1) is 0 Å². The van der Waals surface area contributed by atoms with Crippen LogP contribution in [0, 0.1) is 0 Å². The molecule has 3 nitrogen and oxygen atoms in total. The average molecular weight is 362 g/mol. The van der Waals surface area contributed by atoms with E-state index in [9.17, 15) is 0 Å². The van der Waals surface area contributed by atoms with Crippen molar-refractivity contribution >= 4 is 11.6 Å². The second-order valence-corrected chi connectivity index (χ2v) is 6.48. The van der Waals surface area contributed by atoms with Crippen molar-refractivity contribution in [2.24, 2.45) is 0 Å². The normalized spacial score (nSPS) is 12.0. The van der Waals surface area contributed by atoms with Gasteiger partial charge >= 0.3 is 0 Å². The summed E-state index contributed by atoms with van der Waals surface area (Å²) in [5.41, 5.74) is 2.47. The van der Waals surface area contributed by atoms with Gasteiger partial charge in [-0.2, -0.15) is 0 Å². The summed E-state index contributed by atoms with van der Waals surface area (Å²) in [7, 11) is 0. The highest BCUT2D eigenvalue weighted by atomic mass is 35.5. The molecular formula is C21H28ClNO2. The van der Waals surface area contributed by atoms with Gasteiger partial charge in [-0.25, -0.2) is 0 Å². The molecule has 2 aromatic carbocycles. The van der Waals surface area contributed by atoms with Crippen molar-refractivity contribution in [1.29, 1.82) is 0 Å². The summed E-state index contributed by atoms with van der Waals surface area (Å²) in [6, 6.07) is 15.0. The smallest absolute Gasteiger partial charge is 0.179 e. The van der Waals surface area contributed by atoms with E-state index in [2.05, 4.69) is 42.6 Å². The van der Waals surface area contributed by atoms with Crippen molar-refractivity contribution < 1.29 is 9.47 Å². The van der Waals surface area contributed by atoms with Crippen molar-refractivity contribution in [3.63, 3.8) is 0 Å². The molecule has 2 aromatic rings. The average Bonchev–Trinajstić information content (AvgIpc) is 2.62. The number of hydrogen-bond donors (Lipinski definition) is 1. The van der Waals surface area contributed by atoms with Crippen LogP contribution in [-0.2, 0) is 13.0 Å². The molecule has 0 saturated carbocycles. The van der Waals surface area contributed by atoms with Crippen molar-refractivity contribution in [2.75, 3.05) is 13.2 Å². The summed E-state index contributed by atoms with van der Waals surface area (Å²) >= 11 is 6.37. The molecule has 2 rings (SSSR count). The number of benzene rings is 2. The van der Waals surface area contributed by atoms with E-state index in [0.717, 1.165) is 24.9 Å². The molecule has 1 atom stereocenters. The molecular weight excluding hydrogens is 334 g/mol. The van der Waals surface area contributed by atoms with Crippen LogP contribution >= 0.6 is 11.6 Å². The van der Waals surface area contributed by atoms with E-state index in [1.54, 1.807) is 0 Å². The van der Waals surface area contributed by atoms with Gasteiger partial charge in [0.1, 0.15) is 0 Å². The van der Waals surface area contributed by atoms with Crippen LogP contribution in [0.25, 0.3) is 0 Å². The molecule has 25 heavy (non-hydrogen) atoms. The molecule has 0 amide bonds. The van der Waals surface area contributed by atoms with Gasteiger partial charge in [-0.1, -0.05) is 41.9 Å². The van der Waals surface area contributed by atoms with Gasteiger partial charge in [0.25, 0.3) is 0 Å². The van der Waals surface area contributed by atoms with E-state index in [1.807, 2.05) is 26.0 Å². The Labute approximate surface area is 156 Å². The fourth-order valence-electron chi connectivity index (χ4n) is 2.69. The molecule has 0 radical (unpaired) electrons. The Kier molecular flexibility index (Phi) is 8.10. The van der Waals surface area contributed by atoms with Crippen molar-refractivity contribution in [3.8, 4) is 11.5 Å². The van der Waals surface area contributed by atoms with Crippen LogP contribution in [0.3, 0.4) is 0 Å². The molecule has 0 aromatic heterocycles. The summed E-state index contributed by atoms with van der Waals surface area (Å²) in [6.45, 7) is 8.01. The fourth-order valence-corrected chi connectivity index (χ4v) is 2.98. The Morgan fingerprint density at radius 2 is 1.72 bits per heavy atom. The van der Waals surface area contributed by atoms with Crippen LogP contribution in [0.2, 0.25) is 5.02 Å². The molecule has 0 aliphatic rings. The number of nitrogens with one attached hydrogen (secondary N) is 1. The van der Waals surface area contributed by atoms with Crippen molar-refractivity contribution in [3.05, 3.63) is 58.6 Å². The van der Waals surface area contributed by atoms with E-state index in [0.29, 0.717) is 35.8 Å². The van der Waals surface area contributed by atoms with Crippen LogP contribution in [0.1, 0.15) is 38.3 Å². The number of aryl methyl sites for hydroxylation is 1. The zero-order valence-electron chi connectivity index (χ0n) is 15.3. The first-order valence-electron chi connectivity index (χ1n) is 8.99. The Balaban J connectivity index is 1.92. The van der Waals surface area contributed by atoms with Gasteiger partial charge in [0, 0.05) is 12.6 Å². The first-order chi connectivity index (χ1) is 12.1. The third kappa shape index (κ3) is 6.26. The number of halogens is 1. The van der Waals surface area contributed by atoms with Gasteiger partial charge in [-0.05, 0) is 56.9 Å². The molecule has 4 heteroatoms. The molecule has 0 bridgehead atoms. The minimum atomic E-state index is 0.418. The van der Waals surface area contributed by atoms with E-state index in [-0.39, 0.29) is 0 Å². The van der Waals surface area contributed by atoms with Gasteiger partial charge in [0.05, 0.1) is 18.2 Å². The second kappa shape index (κ2) is 10.3. The predicted molar refractivity (Wildman–Crippen MR) is 105 cm³/mol. The third-order valence-electron chi connectivity index (χ3n) is 4.02. The lowest BCUT2D eigenvalue weighted by atomic mass is 10.1. The van der Waals surface area contributed by atoms with Crippen molar-refractivity contribution in [2.45, 2.75) is 46.2 Å². The highest BCUT2D eigenvalue weighted by molar-refractivity contribution is 6.32. The maximum atomic E-state index is 6.37. The lowest BCUT2D eigenvalue weighted by molar-refractivity contribution is 0.287. The molecule has 0 unspecified atom stereocenters. The molecule has 1 N–H and O–H groups in total. The minimum Gasteiger partial charge on any atom is -0.490 e. The van der Waals surface area contributed by atoms with Crippen LogP contribution in [0.5, 0.6) is 11.5 Å². The van der Waals surface area contributed by atoms with Crippen LogP contribution in [0.4, 0.5) is 0 Å². The molecule has 0 fully saturated rings. The summed E-state index contributed by atoms with van der Waals surface area (Å²) in [5, 5.41) is 4.16. The second-order valence-electron chi connectivity index (χ2n) is 6.08. The van der Waals surface area contributed by atoms with Crippen LogP contribution in [-0.4, -0.2) is 19.3 Å². The molecule has 0 aliphatic carbocycles. The first-order valence-corrected chi connectivity index (χ1v) is 9.37. The Bertz CT molecular complexity index is 646. The van der Waals surface area contributed by atoms with E-state index in [1.165, 1.54) is 5.56 Å². The number of ether oxygens (including phenoxy) is 2. The largest absolute Gasteiger partial charge is 0.490 e. The lowest BCUT2D eigenvalue weighted by Crippen LogP contribution is -2.26. The number of rotatable bonds is 10. The molecule has 0 saturated heterocycles. The summed E-state index contributed by atoms with van der Waals surface area (Å²) in [4.78, 5) is 0. The molecule has 0 heterocycles. The zero-order chi connectivity index (χ0) is 18.1. The number of hydrogen-bond acceptors (Lipinski definition) is 3. The first kappa shape index (κ1) is 19.6. The molecule has 136 valence electrons. The SMILES string of the molecule is CCOc1cc(CN[C@H](C)CCc2ccccc2)cc(Cl)c1OCC. The van der Waals surface area contributed by atoms with Crippen LogP contribution in [0.15, 0.2) is 42.5 Å². The lowest BCUT2D eigenvalue weighted by Gasteiger charge is -2.17. The maximum absolute atomic E-state index is 6.37. The quantitative estimate of drug-likeness (QED) is 0.627. The standard InChI is InChI=1S/C21H28ClNO2/c1-4-24-20-14-18(13-19(22)21(20)25-5-2)15-23-16(3)11-12-17-9-7-6-8-10-17/h6-10,13-14,16,23H,4-5,11-12,15H2,1-3H3/t16-/m1/s1. The minimum absolute atomic E-state index is 0.418. The highest BCUT2D eigenvalue weighted by Crippen LogP contribution is 2.36. The molecule has 0 spiro atoms. The topological polar surface area (TPSA) is 30.5 Å². The van der Waals surface area contributed by atoms with E-state index >= 15 is 0 Å². The molecule has 0 aliphatic heterocycles. The maximum Gasteiger partial charge on any atom is 0.179 e. The third-order valence-corrected chi connectivity index (χ3v) is 4.30. The summed E-state index contributed by atoms with van der Waals surface area (Å²) < 4.78 is 11.3. The van der Waals surface area contributed by atoms with Gasteiger partial charge in [0.15, 0.2) is 11.5 Å². The van der Waals surface area contributed by atoms with Crippen molar-refractivity contribution in [1.82, 2.24) is 5.32 Å². The van der Waals surface area contributed by atoms with E-state index < -0.39 is 0 Å². The van der Waals surface area contributed by atoms with Gasteiger partial charge < -0.3 is 14.8 Å². The highest BCUT2D eigenvalue weighted by Gasteiger charge is 2.12. The van der Waals surface area contributed by atoms with Gasteiger partial charge in [-0.3, -0.25) is 0 Å². The van der Waals surface area contributed by atoms with E-state index in [4.69, 9.17) is 21.1 Å². The zero-order valence-corrected chi connectivity index (χ0v) is 16.1. The summed E-state index contributed by atoms with van der Waals surface area (Å²) in [6.07, 6.45) is 2.16. The Morgan fingerprint density at radius 1 is 1.00 bits per heavy atom. The Morgan fingerprint density at radius 3 is 2.40 bits per heavy atom.